The first-order valence-corrected chi connectivity index (χ1v) is 8.54. The summed E-state index contributed by atoms with van der Waals surface area (Å²) in [5.41, 5.74) is 0.608. The molecule has 0 saturated carbocycles. The maximum atomic E-state index is 12.7. The van der Waals surface area contributed by atoms with Gasteiger partial charge in [0, 0.05) is 37.7 Å². The number of pyridine rings is 1. The van der Waals surface area contributed by atoms with Gasteiger partial charge in [-0.25, -0.2) is 4.98 Å². The second-order valence-electron chi connectivity index (χ2n) is 5.97. The second kappa shape index (κ2) is 6.80. The number of fused-ring (bicyclic) bond motifs is 1. The lowest BCUT2D eigenvalue weighted by molar-refractivity contribution is 0.0587. The molecule has 25 heavy (non-hydrogen) atoms. The van der Waals surface area contributed by atoms with E-state index >= 15 is 0 Å². The number of hydrogen-bond donors (Lipinski definition) is 0. The molecule has 0 spiro atoms. The van der Waals surface area contributed by atoms with Crippen LogP contribution in [0.15, 0.2) is 36.5 Å². The van der Waals surface area contributed by atoms with E-state index in [1.807, 2.05) is 4.90 Å². The minimum Gasteiger partial charge on any atom is -0.473 e. The molecule has 2 aromatic rings. The van der Waals surface area contributed by atoms with E-state index in [2.05, 4.69) is 4.98 Å². The van der Waals surface area contributed by atoms with Crippen LogP contribution in [0, 0.1) is 0 Å². The van der Waals surface area contributed by atoms with E-state index in [0.29, 0.717) is 41.1 Å². The lowest BCUT2D eigenvalue weighted by Crippen LogP contribution is -2.41. The normalized spacial score (nSPS) is 16.8. The van der Waals surface area contributed by atoms with Gasteiger partial charge < -0.3 is 19.1 Å². The number of aromatic nitrogens is 1. The molecule has 2 aliphatic heterocycles. The largest absolute Gasteiger partial charge is 0.473 e. The molecular formula is C18H17ClN2O4. The highest BCUT2D eigenvalue weighted by atomic mass is 35.5. The fraction of sp³-hybridized carbons (Fsp3) is 0.333. The summed E-state index contributed by atoms with van der Waals surface area (Å²) < 4.78 is 16.5. The molecule has 0 radical (unpaired) electrons. The maximum absolute atomic E-state index is 12.7. The number of carbonyl (C=O) groups is 1. The molecule has 0 aliphatic carbocycles. The minimum absolute atomic E-state index is 0.00683. The minimum atomic E-state index is -0.00683. The van der Waals surface area contributed by atoms with E-state index in [4.69, 9.17) is 25.8 Å². The van der Waals surface area contributed by atoms with Crippen molar-refractivity contribution in [1.82, 2.24) is 9.88 Å². The summed E-state index contributed by atoms with van der Waals surface area (Å²) in [6.45, 7) is 1.45. The van der Waals surface area contributed by atoms with E-state index in [1.54, 1.807) is 36.5 Å². The molecule has 3 heterocycles. The molecule has 1 aromatic heterocycles. The average molecular weight is 361 g/mol. The topological polar surface area (TPSA) is 60.9 Å². The molecule has 1 saturated heterocycles. The van der Waals surface area contributed by atoms with Crippen LogP contribution in [0.1, 0.15) is 23.2 Å². The molecule has 6 nitrogen and oxygen atoms in total. The van der Waals surface area contributed by atoms with Crippen LogP contribution in [-0.4, -0.2) is 41.8 Å². The van der Waals surface area contributed by atoms with Crippen molar-refractivity contribution in [1.29, 1.82) is 0 Å². The van der Waals surface area contributed by atoms with Gasteiger partial charge in [-0.05, 0) is 30.3 Å². The van der Waals surface area contributed by atoms with Gasteiger partial charge in [0.15, 0.2) is 11.5 Å². The summed E-state index contributed by atoms with van der Waals surface area (Å²) >= 11 is 6.07. The number of amides is 1. The average Bonchev–Trinajstić information content (AvgIpc) is 3.11. The quantitative estimate of drug-likeness (QED) is 0.841. The standard InChI is InChI=1S/C18H17ClN2O4/c19-14-2-1-7-20-17(14)25-13-5-8-21(9-6-13)18(22)12-3-4-15-16(10-12)24-11-23-15/h1-4,7,10,13H,5-6,8-9,11H2. The highest BCUT2D eigenvalue weighted by molar-refractivity contribution is 6.31. The van der Waals surface area contributed by atoms with Crippen LogP contribution in [0.5, 0.6) is 17.4 Å². The molecule has 4 rings (SSSR count). The van der Waals surface area contributed by atoms with Crippen LogP contribution < -0.4 is 14.2 Å². The number of benzene rings is 1. The van der Waals surface area contributed by atoms with Crippen LogP contribution in [0.3, 0.4) is 0 Å². The third kappa shape index (κ3) is 3.35. The molecule has 2 aliphatic rings. The van der Waals surface area contributed by atoms with Crippen molar-refractivity contribution in [2.45, 2.75) is 18.9 Å². The van der Waals surface area contributed by atoms with Crippen molar-refractivity contribution < 1.29 is 19.0 Å². The van der Waals surface area contributed by atoms with Gasteiger partial charge in [-0.2, -0.15) is 0 Å². The molecule has 130 valence electrons. The van der Waals surface area contributed by atoms with E-state index in [1.165, 1.54) is 0 Å². The van der Waals surface area contributed by atoms with E-state index in [0.717, 1.165) is 12.8 Å². The molecule has 1 amide bonds. The zero-order chi connectivity index (χ0) is 17.2. The first-order chi connectivity index (χ1) is 12.2. The Balaban J connectivity index is 1.37. The summed E-state index contributed by atoms with van der Waals surface area (Å²) in [4.78, 5) is 18.7. The molecule has 0 N–H and O–H groups in total. The fourth-order valence-electron chi connectivity index (χ4n) is 3.00. The molecule has 1 fully saturated rings. The Hall–Kier alpha value is -2.47. The number of ether oxygens (including phenoxy) is 3. The van der Waals surface area contributed by atoms with E-state index in [-0.39, 0.29) is 18.8 Å². The van der Waals surface area contributed by atoms with Gasteiger partial charge in [0.2, 0.25) is 12.7 Å². The number of carbonyl (C=O) groups excluding carboxylic acids is 1. The zero-order valence-corrected chi connectivity index (χ0v) is 14.2. The third-order valence-corrected chi connectivity index (χ3v) is 4.64. The fourth-order valence-corrected chi connectivity index (χ4v) is 3.17. The summed E-state index contributed by atoms with van der Waals surface area (Å²) in [5.74, 6) is 1.74. The smallest absolute Gasteiger partial charge is 0.253 e. The van der Waals surface area contributed by atoms with Crippen LogP contribution in [0.2, 0.25) is 5.02 Å². The number of piperidine rings is 1. The Morgan fingerprint density at radius 3 is 2.80 bits per heavy atom. The highest BCUT2D eigenvalue weighted by Crippen LogP contribution is 2.33. The first kappa shape index (κ1) is 16.0. The Kier molecular flexibility index (Phi) is 4.36. The van der Waals surface area contributed by atoms with Gasteiger partial charge >= 0.3 is 0 Å². The molecule has 1 aromatic carbocycles. The molecule has 0 atom stereocenters. The molecular weight excluding hydrogens is 344 g/mol. The van der Waals surface area contributed by atoms with Crippen molar-refractivity contribution >= 4 is 17.5 Å². The SMILES string of the molecule is O=C(c1ccc2c(c1)OCO2)N1CCC(Oc2ncccc2Cl)CC1. The van der Waals surface area contributed by atoms with Gasteiger partial charge in [0.1, 0.15) is 11.1 Å². The highest BCUT2D eigenvalue weighted by Gasteiger charge is 2.26. The zero-order valence-electron chi connectivity index (χ0n) is 13.5. The van der Waals surface area contributed by atoms with E-state index in [9.17, 15) is 4.79 Å². The monoisotopic (exact) mass is 360 g/mol. The number of halogens is 1. The van der Waals surface area contributed by atoms with Gasteiger partial charge in [0.05, 0.1) is 0 Å². The van der Waals surface area contributed by atoms with E-state index < -0.39 is 0 Å². The van der Waals surface area contributed by atoms with Crippen molar-refractivity contribution in [3.63, 3.8) is 0 Å². The van der Waals surface area contributed by atoms with Crippen LogP contribution in [-0.2, 0) is 0 Å². The second-order valence-corrected chi connectivity index (χ2v) is 6.38. The predicted molar refractivity (Wildman–Crippen MR) is 91.4 cm³/mol. The van der Waals surface area contributed by atoms with Crippen LogP contribution >= 0.6 is 11.6 Å². The molecule has 7 heteroatoms. The van der Waals surface area contributed by atoms with Gasteiger partial charge in [-0.1, -0.05) is 11.6 Å². The number of hydrogen-bond acceptors (Lipinski definition) is 5. The Morgan fingerprint density at radius 1 is 1.20 bits per heavy atom. The van der Waals surface area contributed by atoms with Crippen molar-refractivity contribution in [2.24, 2.45) is 0 Å². The van der Waals surface area contributed by atoms with Crippen molar-refractivity contribution in [2.75, 3.05) is 19.9 Å². The number of rotatable bonds is 3. The van der Waals surface area contributed by atoms with Crippen LogP contribution in [0.25, 0.3) is 0 Å². The van der Waals surface area contributed by atoms with Crippen LogP contribution in [0.4, 0.5) is 0 Å². The summed E-state index contributed by atoms with van der Waals surface area (Å²) in [7, 11) is 0. The summed E-state index contributed by atoms with van der Waals surface area (Å²) in [6, 6.07) is 8.80. The number of nitrogens with zero attached hydrogens (tertiary/aromatic N) is 2. The third-order valence-electron chi connectivity index (χ3n) is 4.35. The van der Waals surface area contributed by atoms with Crippen molar-refractivity contribution in [3.8, 4) is 17.4 Å². The predicted octanol–water partition coefficient (Wildman–Crippen LogP) is 3.15. The first-order valence-electron chi connectivity index (χ1n) is 8.17. The summed E-state index contributed by atoms with van der Waals surface area (Å²) in [5, 5.41) is 0.501. The molecule has 0 unspecified atom stereocenters. The Morgan fingerprint density at radius 2 is 2.00 bits per heavy atom. The van der Waals surface area contributed by atoms with Gasteiger partial charge in [-0.3, -0.25) is 4.79 Å². The van der Waals surface area contributed by atoms with Gasteiger partial charge in [-0.15, -0.1) is 0 Å². The number of likely N-dealkylation sites (tertiary alicyclic amines) is 1. The maximum Gasteiger partial charge on any atom is 0.253 e. The molecule has 0 bridgehead atoms. The Labute approximate surface area is 150 Å². The lowest BCUT2D eigenvalue weighted by Gasteiger charge is -2.32. The lowest BCUT2D eigenvalue weighted by atomic mass is 10.1. The Bertz CT molecular complexity index is 790. The van der Waals surface area contributed by atoms with Crippen molar-refractivity contribution in [3.05, 3.63) is 47.1 Å². The van der Waals surface area contributed by atoms with Gasteiger partial charge in [0.25, 0.3) is 5.91 Å². The summed E-state index contributed by atoms with van der Waals surface area (Å²) in [6.07, 6.45) is 3.14.